The number of nitro benzene ring substituents is 1. The number of furan rings is 1. The van der Waals surface area contributed by atoms with Crippen molar-refractivity contribution in [3.05, 3.63) is 58.0 Å². The number of carbonyl (C=O) groups is 1. The predicted molar refractivity (Wildman–Crippen MR) is 104 cm³/mol. The largest absolute Gasteiger partial charge is 0.486 e. The van der Waals surface area contributed by atoms with E-state index in [0.717, 1.165) is 11.8 Å². The van der Waals surface area contributed by atoms with Crippen molar-refractivity contribution >= 4 is 11.6 Å². The first-order chi connectivity index (χ1) is 14.0. The number of hydrogen-bond acceptors (Lipinski definition) is 5. The molecule has 4 aliphatic carbocycles. The number of rotatable bonds is 6. The smallest absolute Gasteiger partial charge is 0.287 e. The lowest BCUT2D eigenvalue weighted by Crippen LogP contribution is -2.55. The maximum Gasteiger partial charge on any atom is 0.287 e. The van der Waals surface area contributed by atoms with Crippen molar-refractivity contribution in [3.63, 3.8) is 0 Å². The molecule has 1 amide bonds. The summed E-state index contributed by atoms with van der Waals surface area (Å²) in [6, 6.07) is 9.56. The van der Waals surface area contributed by atoms with Crippen LogP contribution in [0.4, 0.5) is 5.69 Å². The Labute approximate surface area is 168 Å². The van der Waals surface area contributed by atoms with Gasteiger partial charge in [0.2, 0.25) is 0 Å². The average molecular weight is 396 g/mol. The Hall–Kier alpha value is -2.83. The molecule has 0 saturated heterocycles. The van der Waals surface area contributed by atoms with Gasteiger partial charge in [-0.3, -0.25) is 14.9 Å². The average Bonchev–Trinajstić information content (AvgIpc) is 3.18. The van der Waals surface area contributed by atoms with Gasteiger partial charge in [-0.05, 0) is 80.0 Å². The highest BCUT2D eigenvalue weighted by atomic mass is 16.6. The molecule has 7 heteroatoms. The van der Waals surface area contributed by atoms with E-state index >= 15 is 0 Å². The third kappa shape index (κ3) is 3.61. The summed E-state index contributed by atoms with van der Waals surface area (Å²) in [5, 5.41) is 13.9. The van der Waals surface area contributed by atoms with Crippen LogP contribution >= 0.6 is 0 Å². The highest BCUT2D eigenvalue weighted by molar-refractivity contribution is 5.91. The summed E-state index contributed by atoms with van der Waals surface area (Å²) in [5.41, 5.74) is 0.0130. The molecule has 0 atom stereocenters. The van der Waals surface area contributed by atoms with Gasteiger partial charge in [0, 0.05) is 18.2 Å². The molecular weight excluding hydrogens is 372 g/mol. The fraction of sp³-hybridized carbons (Fsp3) is 0.500. The van der Waals surface area contributed by atoms with E-state index < -0.39 is 4.92 Å². The van der Waals surface area contributed by atoms with Crippen molar-refractivity contribution in [2.24, 2.45) is 23.7 Å². The highest BCUT2D eigenvalue weighted by Crippen LogP contribution is 2.53. The van der Waals surface area contributed by atoms with Crippen LogP contribution in [-0.2, 0) is 6.61 Å². The lowest BCUT2D eigenvalue weighted by Gasteiger charge is -2.54. The van der Waals surface area contributed by atoms with Gasteiger partial charge in [0.1, 0.15) is 18.1 Å². The normalized spacial score (nSPS) is 29.6. The molecule has 0 aliphatic heterocycles. The molecule has 4 saturated carbocycles. The van der Waals surface area contributed by atoms with E-state index in [1.807, 2.05) is 0 Å². The quantitative estimate of drug-likeness (QED) is 0.580. The summed E-state index contributed by atoms with van der Waals surface area (Å²) < 4.78 is 11.3. The van der Waals surface area contributed by atoms with E-state index in [1.54, 1.807) is 24.3 Å². The SMILES string of the molecule is O=C(NC1C2CC3CC(C2)CC1C3)c1ccc(COc2ccc([N+](=O)[O-])cc2)o1. The molecule has 6 rings (SSSR count). The Morgan fingerprint density at radius 3 is 2.31 bits per heavy atom. The van der Waals surface area contributed by atoms with Crippen molar-refractivity contribution in [2.45, 2.75) is 44.8 Å². The minimum absolute atomic E-state index is 0.0130. The van der Waals surface area contributed by atoms with Crippen molar-refractivity contribution in [1.82, 2.24) is 5.32 Å². The molecule has 7 nitrogen and oxygen atoms in total. The fourth-order valence-electron chi connectivity index (χ4n) is 5.78. The maximum atomic E-state index is 12.7. The van der Waals surface area contributed by atoms with Crippen LogP contribution in [0.2, 0.25) is 0 Å². The van der Waals surface area contributed by atoms with E-state index in [2.05, 4.69) is 5.32 Å². The van der Waals surface area contributed by atoms with Crippen molar-refractivity contribution in [3.8, 4) is 5.75 Å². The Morgan fingerprint density at radius 1 is 1.03 bits per heavy atom. The summed E-state index contributed by atoms with van der Waals surface area (Å²) in [5.74, 6) is 4.19. The molecule has 1 N–H and O–H groups in total. The first-order valence-corrected chi connectivity index (χ1v) is 10.3. The Balaban J connectivity index is 1.18. The first-order valence-electron chi connectivity index (χ1n) is 10.3. The summed E-state index contributed by atoms with van der Waals surface area (Å²) in [6.45, 7) is 0.156. The van der Waals surface area contributed by atoms with Crippen LogP contribution in [0.15, 0.2) is 40.8 Å². The zero-order chi connectivity index (χ0) is 20.0. The van der Waals surface area contributed by atoms with Gasteiger partial charge in [-0.15, -0.1) is 0 Å². The molecule has 29 heavy (non-hydrogen) atoms. The summed E-state index contributed by atoms with van der Waals surface area (Å²) in [4.78, 5) is 23.0. The van der Waals surface area contributed by atoms with Gasteiger partial charge in [-0.2, -0.15) is 0 Å². The number of non-ortho nitro benzene ring substituents is 1. The van der Waals surface area contributed by atoms with Gasteiger partial charge in [-0.25, -0.2) is 0 Å². The van der Waals surface area contributed by atoms with Crippen molar-refractivity contribution in [2.75, 3.05) is 0 Å². The van der Waals surface area contributed by atoms with Gasteiger partial charge in [0.05, 0.1) is 4.92 Å². The van der Waals surface area contributed by atoms with E-state index in [1.165, 1.54) is 44.2 Å². The molecule has 1 heterocycles. The molecule has 4 aliphatic rings. The van der Waals surface area contributed by atoms with Crippen LogP contribution in [0.3, 0.4) is 0 Å². The topological polar surface area (TPSA) is 94.6 Å². The van der Waals surface area contributed by atoms with Gasteiger partial charge < -0.3 is 14.5 Å². The summed E-state index contributed by atoms with van der Waals surface area (Å²) in [7, 11) is 0. The fourth-order valence-corrected chi connectivity index (χ4v) is 5.78. The lowest BCUT2D eigenvalue weighted by atomic mass is 9.54. The van der Waals surface area contributed by atoms with E-state index in [0.29, 0.717) is 29.1 Å². The van der Waals surface area contributed by atoms with Crippen LogP contribution in [-0.4, -0.2) is 16.9 Å². The second-order valence-corrected chi connectivity index (χ2v) is 8.74. The Bertz CT molecular complexity index is 892. The zero-order valence-electron chi connectivity index (χ0n) is 16.1. The predicted octanol–water partition coefficient (Wildman–Crippen LogP) is 4.32. The van der Waals surface area contributed by atoms with Gasteiger partial charge in [-0.1, -0.05) is 0 Å². The third-order valence-electron chi connectivity index (χ3n) is 6.84. The Kier molecular flexibility index (Phi) is 4.53. The van der Waals surface area contributed by atoms with Crippen LogP contribution in [0.5, 0.6) is 5.75 Å². The number of nitrogens with one attached hydrogen (secondary N) is 1. The molecule has 0 unspecified atom stereocenters. The standard InChI is InChI=1S/C22H24N2O5/c25-22(23-21-15-8-13-7-14(10-15)11-16(21)9-13)20-6-5-19(29-20)12-28-18-3-1-17(2-4-18)24(26)27/h1-6,13-16,21H,7-12H2,(H,23,25). The molecule has 2 aromatic rings. The molecular formula is C22H24N2O5. The van der Waals surface area contributed by atoms with E-state index in [9.17, 15) is 14.9 Å². The number of nitro groups is 1. The molecule has 0 radical (unpaired) electrons. The number of ether oxygens (including phenoxy) is 1. The van der Waals surface area contributed by atoms with E-state index in [-0.39, 0.29) is 24.2 Å². The number of nitrogens with zero attached hydrogens (tertiary/aromatic N) is 1. The third-order valence-corrected chi connectivity index (χ3v) is 6.84. The van der Waals surface area contributed by atoms with Crippen molar-refractivity contribution < 1.29 is 18.9 Å². The molecule has 0 spiro atoms. The van der Waals surface area contributed by atoms with Gasteiger partial charge in [0.15, 0.2) is 5.76 Å². The number of carbonyl (C=O) groups excluding carboxylic acids is 1. The van der Waals surface area contributed by atoms with Gasteiger partial charge >= 0.3 is 0 Å². The number of amides is 1. The molecule has 1 aromatic heterocycles. The highest BCUT2D eigenvalue weighted by Gasteiger charge is 2.48. The second kappa shape index (κ2) is 7.21. The van der Waals surface area contributed by atoms with Crippen LogP contribution in [0.25, 0.3) is 0 Å². The lowest BCUT2D eigenvalue weighted by molar-refractivity contribution is -0.384. The first kappa shape index (κ1) is 18.2. The molecule has 4 bridgehead atoms. The minimum atomic E-state index is -0.454. The van der Waals surface area contributed by atoms with Crippen LogP contribution in [0.1, 0.15) is 48.4 Å². The molecule has 4 fully saturated rings. The Morgan fingerprint density at radius 2 is 1.69 bits per heavy atom. The van der Waals surface area contributed by atoms with Crippen molar-refractivity contribution in [1.29, 1.82) is 0 Å². The molecule has 152 valence electrons. The maximum absolute atomic E-state index is 12.7. The monoisotopic (exact) mass is 396 g/mol. The van der Waals surface area contributed by atoms with Gasteiger partial charge in [0.25, 0.3) is 11.6 Å². The number of hydrogen-bond donors (Lipinski definition) is 1. The second-order valence-electron chi connectivity index (χ2n) is 8.74. The zero-order valence-corrected chi connectivity index (χ0v) is 16.1. The van der Waals surface area contributed by atoms with E-state index in [4.69, 9.17) is 9.15 Å². The summed E-state index contributed by atoms with van der Waals surface area (Å²) in [6.07, 6.45) is 6.41. The minimum Gasteiger partial charge on any atom is -0.486 e. The number of benzene rings is 1. The molecule has 1 aromatic carbocycles. The van der Waals surface area contributed by atoms with Crippen LogP contribution in [0, 0.1) is 33.8 Å². The summed E-state index contributed by atoms with van der Waals surface area (Å²) >= 11 is 0. The van der Waals surface area contributed by atoms with Crippen LogP contribution < -0.4 is 10.1 Å².